The van der Waals surface area contributed by atoms with Gasteiger partial charge in [-0.3, -0.25) is 0 Å². The number of esters is 1. The number of allylic oxidation sites excluding steroid dienone is 2. The Morgan fingerprint density at radius 2 is 2.22 bits per heavy atom. The molecule has 0 atom stereocenters. The van der Waals surface area contributed by atoms with Crippen LogP contribution in [0.5, 0.6) is 0 Å². The molecule has 3 heteroatoms. The lowest BCUT2D eigenvalue weighted by Crippen LogP contribution is -2.02. The summed E-state index contributed by atoms with van der Waals surface area (Å²) in [4.78, 5) is 11.5. The van der Waals surface area contributed by atoms with E-state index in [1.807, 2.05) is 31.2 Å². The summed E-state index contributed by atoms with van der Waals surface area (Å²) in [6, 6.07) is 7.64. The summed E-state index contributed by atoms with van der Waals surface area (Å²) in [6.07, 6.45) is 4.99. The van der Waals surface area contributed by atoms with Crippen molar-refractivity contribution < 1.29 is 13.9 Å². The molecule has 1 aromatic carbocycles. The van der Waals surface area contributed by atoms with Crippen LogP contribution in [-0.2, 0) is 11.2 Å². The highest BCUT2D eigenvalue weighted by atomic mass is 16.5. The summed E-state index contributed by atoms with van der Waals surface area (Å²) in [5.41, 5.74) is 1.90. The van der Waals surface area contributed by atoms with Crippen LogP contribution >= 0.6 is 0 Å². The van der Waals surface area contributed by atoms with Crippen molar-refractivity contribution in [3.8, 4) is 0 Å². The summed E-state index contributed by atoms with van der Waals surface area (Å²) in [5, 5.41) is 0.931. The van der Waals surface area contributed by atoms with Gasteiger partial charge in [-0.15, -0.1) is 0 Å². The molecular weight excluding hydrogens is 228 g/mol. The molecule has 0 aliphatic heterocycles. The maximum Gasteiger partial charge on any atom is 0.374 e. The van der Waals surface area contributed by atoms with Gasteiger partial charge in [0.15, 0.2) is 0 Å². The zero-order valence-corrected chi connectivity index (χ0v) is 10.6. The van der Waals surface area contributed by atoms with Crippen LogP contribution in [0.2, 0.25) is 0 Å². The van der Waals surface area contributed by atoms with Gasteiger partial charge in [0, 0.05) is 5.39 Å². The maximum absolute atomic E-state index is 11.5. The molecule has 0 aliphatic carbocycles. The lowest BCUT2D eigenvalue weighted by atomic mass is 10.1. The highest BCUT2D eigenvalue weighted by molar-refractivity contribution is 5.92. The molecule has 2 rings (SSSR count). The number of benzene rings is 1. The topological polar surface area (TPSA) is 39.4 Å². The monoisotopic (exact) mass is 244 g/mol. The Labute approximate surface area is 106 Å². The normalized spacial score (nSPS) is 11.2. The third kappa shape index (κ3) is 2.62. The van der Waals surface area contributed by atoms with Gasteiger partial charge in [-0.05, 0) is 44.0 Å². The Morgan fingerprint density at radius 3 is 2.94 bits per heavy atom. The molecule has 2 aromatic rings. The number of carbonyl (C=O) groups is 1. The van der Waals surface area contributed by atoms with Crippen molar-refractivity contribution >= 4 is 16.9 Å². The quantitative estimate of drug-likeness (QED) is 0.607. The molecule has 0 fully saturated rings. The standard InChI is InChI=1S/C15H16O3/c1-3-5-6-11-7-8-13-12(9-11)10-14(18-13)15(16)17-4-2/h3,5,7-10H,4,6H2,1-2H3. The molecule has 0 radical (unpaired) electrons. The smallest absolute Gasteiger partial charge is 0.374 e. The lowest BCUT2D eigenvalue weighted by molar-refractivity contribution is 0.0492. The minimum absolute atomic E-state index is 0.259. The highest BCUT2D eigenvalue weighted by Crippen LogP contribution is 2.21. The van der Waals surface area contributed by atoms with Crippen molar-refractivity contribution in [2.24, 2.45) is 0 Å². The molecule has 0 aliphatic rings. The van der Waals surface area contributed by atoms with Gasteiger partial charge in [-0.25, -0.2) is 4.79 Å². The van der Waals surface area contributed by atoms with Crippen LogP contribution < -0.4 is 0 Å². The van der Waals surface area contributed by atoms with Crippen molar-refractivity contribution in [3.63, 3.8) is 0 Å². The van der Waals surface area contributed by atoms with E-state index in [0.717, 1.165) is 11.8 Å². The van der Waals surface area contributed by atoms with Crippen LogP contribution in [0, 0.1) is 0 Å². The molecule has 0 saturated carbocycles. The molecule has 1 aromatic heterocycles. The van der Waals surface area contributed by atoms with Gasteiger partial charge in [0.2, 0.25) is 5.76 Å². The Morgan fingerprint density at radius 1 is 1.39 bits per heavy atom. The fourth-order valence-electron chi connectivity index (χ4n) is 1.78. The minimum Gasteiger partial charge on any atom is -0.460 e. The van der Waals surface area contributed by atoms with Crippen LogP contribution in [0.3, 0.4) is 0 Å². The molecule has 0 N–H and O–H groups in total. The van der Waals surface area contributed by atoms with Crippen LogP contribution in [0.25, 0.3) is 11.0 Å². The van der Waals surface area contributed by atoms with Crippen molar-refractivity contribution in [1.29, 1.82) is 0 Å². The minimum atomic E-state index is -0.413. The van der Waals surface area contributed by atoms with Gasteiger partial charge in [0.05, 0.1) is 6.61 Å². The van der Waals surface area contributed by atoms with Gasteiger partial charge in [0.25, 0.3) is 0 Å². The molecule has 0 saturated heterocycles. The average Bonchev–Trinajstić information content (AvgIpc) is 2.79. The number of hydrogen-bond donors (Lipinski definition) is 0. The average molecular weight is 244 g/mol. The van der Waals surface area contributed by atoms with Crippen LogP contribution in [0.4, 0.5) is 0 Å². The first-order valence-corrected chi connectivity index (χ1v) is 6.05. The van der Waals surface area contributed by atoms with E-state index in [9.17, 15) is 4.79 Å². The molecule has 0 amide bonds. The Hall–Kier alpha value is -2.03. The van der Waals surface area contributed by atoms with Crippen LogP contribution in [0.1, 0.15) is 30.0 Å². The number of carbonyl (C=O) groups excluding carboxylic acids is 1. The van der Waals surface area contributed by atoms with Gasteiger partial charge >= 0.3 is 5.97 Å². The first-order chi connectivity index (χ1) is 8.74. The van der Waals surface area contributed by atoms with Crippen LogP contribution in [-0.4, -0.2) is 12.6 Å². The van der Waals surface area contributed by atoms with E-state index in [1.165, 1.54) is 5.56 Å². The van der Waals surface area contributed by atoms with E-state index in [4.69, 9.17) is 9.15 Å². The van der Waals surface area contributed by atoms with Gasteiger partial charge in [-0.1, -0.05) is 18.2 Å². The van der Waals surface area contributed by atoms with E-state index in [0.29, 0.717) is 12.2 Å². The predicted octanol–water partition coefficient (Wildman–Crippen LogP) is 3.73. The summed E-state index contributed by atoms with van der Waals surface area (Å²) in [7, 11) is 0. The molecule has 0 unspecified atom stereocenters. The van der Waals surface area contributed by atoms with Crippen molar-refractivity contribution in [2.75, 3.05) is 6.61 Å². The number of furan rings is 1. The molecule has 0 spiro atoms. The van der Waals surface area contributed by atoms with E-state index in [-0.39, 0.29) is 5.76 Å². The third-order valence-corrected chi connectivity index (χ3v) is 2.65. The van der Waals surface area contributed by atoms with Gasteiger partial charge in [-0.2, -0.15) is 0 Å². The lowest BCUT2D eigenvalue weighted by Gasteiger charge is -1.95. The van der Waals surface area contributed by atoms with Crippen molar-refractivity contribution in [1.82, 2.24) is 0 Å². The SMILES string of the molecule is CC=CCc1ccc2oc(C(=O)OCC)cc2c1. The number of fused-ring (bicyclic) bond motifs is 1. The van der Waals surface area contributed by atoms with Crippen LogP contribution in [0.15, 0.2) is 40.8 Å². The van der Waals surface area contributed by atoms with Gasteiger partial charge in [0.1, 0.15) is 5.58 Å². The third-order valence-electron chi connectivity index (χ3n) is 2.65. The van der Waals surface area contributed by atoms with Crippen molar-refractivity contribution in [3.05, 3.63) is 47.7 Å². The second kappa shape index (κ2) is 5.54. The van der Waals surface area contributed by atoms with E-state index in [2.05, 4.69) is 6.08 Å². The summed E-state index contributed by atoms with van der Waals surface area (Å²) < 4.78 is 10.4. The second-order valence-corrected chi connectivity index (χ2v) is 3.98. The number of ether oxygens (including phenoxy) is 1. The van der Waals surface area contributed by atoms with E-state index >= 15 is 0 Å². The molecule has 94 valence electrons. The van der Waals surface area contributed by atoms with E-state index in [1.54, 1.807) is 13.0 Å². The fourth-order valence-corrected chi connectivity index (χ4v) is 1.78. The Bertz CT molecular complexity index is 578. The summed E-state index contributed by atoms with van der Waals surface area (Å²) >= 11 is 0. The highest BCUT2D eigenvalue weighted by Gasteiger charge is 2.12. The Balaban J connectivity index is 2.30. The number of hydrogen-bond acceptors (Lipinski definition) is 3. The fraction of sp³-hybridized carbons (Fsp3) is 0.267. The maximum atomic E-state index is 11.5. The molecule has 3 nitrogen and oxygen atoms in total. The first kappa shape index (κ1) is 12.4. The zero-order chi connectivity index (χ0) is 13.0. The molecule has 0 bridgehead atoms. The Kier molecular flexibility index (Phi) is 3.82. The largest absolute Gasteiger partial charge is 0.460 e. The van der Waals surface area contributed by atoms with E-state index < -0.39 is 5.97 Å². The first-order valence-electron chi connectivity index (χ1n) is 6.05. The van der Waals surface area contributed by atoms with Gasteiger partial charge < -0.3 is 9.15 Å². The summed E-state index contributed by atoms with van der Waals surface area (Å²) in [6.45, 7) is 4.12. The predicted molar refractivity (Wildman–Crippen MR) is 70.7 cm³/mol. The zero-order valence-electron chi connectivity index (χ0n) is 10.6. The van der Waals surface area contributed by atoms with Crippen molar-refractivity contribution in [2.45, 2.75) is 20.3 Å². The second-order valence-electron chi connectivity index (χ2n) is 3.98. The molecule has 1 heterocycles. The molecule has 18 heavy (non-hydrogen) atoms. The number of rotatable bonds is 4. The summed E-state index contributed by atoms with van der Waals surface area (Å²) in [5.74, 6) is -0.154. The molecular formula is C15H16O3.